The summed E-state index contributed by atoms with van der Waals surface area (Å²) in [6.07, 6.45) is 0.636. The zero-order valence-electron chi connectivity index (χ0n) is 13.9. The van der Waals surface area contributed by atoms with Crippen LogP contribution in [0, 0.1) is 0 Å². The van der Waals surface area contributed by atoms with Crippen molar-refractivity contribution in [2.75, 3.05) is 45.7 Å². The summed E-state index contributed by atoms with van der Waals surface area (Å²) in [7, 11) is -1.78. The highest BCUT2D eigenvalue weighted by Gasteiger charge is 2.24. The number of amides is 1. The van der Waals surface area contributed by atoms with E-state index in [1.165, 1.54) is 4.31 Å². The van der Waals surface area contributed by atoms with Crippen molar-refractivity contribution >= 4 is 15.9 Å². The fourth-order valence-electron chi connectivity index (χ4n) is 2.44. The molecule has 1 heterocycles. The average molecular weight is 356 g/mol. The Balaban J connectivity index is 1.71. The summed E-state index contributed by atoms with van der Waals surface area (Å²) < 4.78 is 35.9. The zero-order chi connectivity index (χ0) is 17.4. The van der Waals surface area contributed by atoms with Crippen molar-refractivity contribution in [1.82, 2.24) is 9.62 Å². The first-order valence-electron chi connectivity index (χ1n) is 7.96. The van der Waals surface area contributed by atoms with Crippen LogP contribution in [0.5, 0.6) is 5.75 Å². The Morgan fingerprint density at radius 3 is 2.79 bits per heavy atom. The van der Waals surface area contributed by atoms with Crippen LogP contribution < -0.4 is 10.1 Å². The lowest BCUT2D eigenvalue weighted by molar-refractivity contribution is -0.120. The Kier molecular flexibility index (Phi) is 7.01. The first-order valence-corrected chi connectivity index (χ1v) is 9.57. The number of hydrogen-bond acceptors (Lipinski definition) is 5. The van der Waals surface area contributed by atoms with E-state index < -0.39 is 10.0 Å². The van der Waals surface area contributed by atoms with E-state index in [4.69, 9.17) is 9.47 Å². The summed E-state index contributed by atoms with van der Waals surface area (Å²) in [5, 5.41) is 2.76. The molecule has 0 unspecified atom stereocenters. The Hall–Kier alpha value is -1.64. The van der Waals surface area contributed by atoms with E-state index in [9.17, 15) is 13.2 Å². The van der Waals surface area contributed by atoms with E-state index in [2.05, 4.69) is 5.32 Å². The highest BCUT2D eigenvalue weighted by molar-refractivity contribution is 7.89. The molecule has 1 amide bonds. The van der Waals surface area contributed by atoms with Gasteiger partial charge in [-0.3, -0.25) is 4.79 Å². The van der Waals surface area contributed by atoms with Gasteiger partial charge in [0, 0.05) is 26.1 Å². The molecule has 0 saturated carbocycles. The lowest BCUT2D eigenvalue weighted by atomic mass is 10.1. The van der Waals surface area contributed by atoms with E-state index in [0.29, 0.717) is 39.3 Å². The molecular weight excluding hydrogens is 332 g/mol. The molecule has 1 N–H and O–H groups in total. The number of nitrogens with zero attached hydrogens (tertiary/aromatic N) is 1. The van der Waals surface area contributed by atoms with E-state index in [1.54, 1.807) is 7.11 Å². The third-order valence-electron chi connectivity index (χ3n) is 3.82. The van der Waals surface area contributed by atoms with Gasteiger partial charge >= 0.3 is 0 Å². The molecule has 0 aromatic heterocycles. The molecule has 2 rings (SSSR count). The van der Waals surface area contributed by atoms with Crippen LogP contribution in [0.3, 0.4) is 0 Å². The van der Waals surface area contributed by atoms with Crippen molar-refractivity contribution in [2.24, 2.45) is 0 Å². The summed E-state index contributed by atoms with van der Waals surface area (Å²) in [6, 6.07) is 7.62. The minimum atomic E-state index is -3.39. The zero-order valence-corrected chi connectivity index (χ0v) is 14.7. The lowest BCUT2D eigenvalue weighted by Crippen LogP contribution is -2.42. The minimum Gasteiger partial charge on any atom is -0.497 e. The van der Waals surface area contributed by atoms with Crippen molar-refractivity contribution in [3.8, 4) is 5.75 Å². The smallest absolute Gasteiger partial charge is 0.221 e. The SMILES string of the molecule is COc1cccc(CCNC(=O)CCS(=O)(=O)N2CCOCC2)c1. The van der Waals surface area contributed by atoms with Crippen molar-refractivity contribution in [3.05, 3.63) is 29.8 Å². The van der Waals surface area contributed by atoms with Gasteiger partial charge in [0.05, 0.1) is 26.1 Å². The van der Waals surface area contributed by atoms with Gasteiger partial charge in [0.25, 0.3) is 0 Å². The van der Waals surface area contributed by atoms with E-state index >= 15 is 0 Å². The van der Waals surface area contributed by atoms with Gasteiger partial charge in [-0.1, -0.05) is 12.1 Å². The van der Waals surface area contributed by atoms with Gasteiger partial charge in [-0.05, 0) is 24.1 Å². The number of carbonyl (C=O) groups is 1. The number of nitrogens with one attached hydrogen (secondary N) is 1. The Labute approximate surface area is 143 Å². The second-order valence-corrected chi connectivity index (χ2v) is 7.62. The average Bonchev–Trinajstić information content (AvgIpc) is 2.61. The number of sulfonamides is 1. The number of carbonyl (C=O) groups excluding carboxylic acids is 1. The normalized spacial score (nSPS) is 15.9. The summed E-state index contributed by atoms with van der Waals surface area (Å²) in [6.45, 7) is 2.00. The van der Waals surface area contributed by atoms with Crippen LogP contribution in [0.4, 0.5) is 0 Å². The molecule has 1 aromatic rings. The van der Waals surface area contributed by atoms with Crippen LogP contribution in [0.2, 0.25) is 0 Å². The molecule has 0 spiro atoms. The van der Waals surface area contributed by atoms with Gasteiger partial charge < -0.3 is 14.8 Å². The molecule has 134 valence electrons. The van der Waals surface area contributed by atoms with Crippen LogP contribution in [-0.2, 0) is 26.0 Å². The van der Waals surface area contributed by atoms with Crippen molar-refractivity contribution in [2.45, 2.75) is 12.8 Å². The quantitative estimate of drug-likeness (QED) is 0.729. The first-order chi connectivity index (χ1) is 11.5. The lowest BCUT2D eigenvalue weighted by Gasteiger charge is -2.25. The van der Waals surface area contributed by atoms with Gasteiger partial charge in [0.1, 0.15) is 5.75 Å². The number of hydrogen-bond donors (Lipinski definition) is 1. The van der Waals surface area contributed by atoms with Gasteiger partial charge in [-0.15, -0.1) is 0 Å². The summed E-state index contributed by atoms with van der Waals surface area (Å²) >= 11 is 0. The van der Waals surface area contributed by atoms with Crippen molar-refractivity contribution in [1.29, 1.82) is 0 Å². The fraction of sp³-hybridized carbons (Fsp3) is 0.562. The number of benzene rings is 1. The van der Waals surface area contributed by atoms with E-state index in [0.717, 1.165) is 11.3 Å². The van der Waals surface area contributed by atoms with Crippen LogP contribution >= 0.6 is 0 Å². The van der Waals surface area contributed by atoms with Crippen molar-refractivity contribution in [3.63, 3.8) is 0 Å². The molecule has 0 radical (unpaired) electrons. The Morgan fingerprint density at radius 1 is 1.33 bits per heavy atom. The standard InChI is InChI=1S/C16H24N2O5S/c1-22-15-4-2-3-14(13-15)5-7-17-16(19)6-12-24(20,21)18-8-10-23-11-9-18/h2-4,13H,5-12H2,1H3,(H,17,19). The molecule has 1 aliphatic heterocycles. The van der Waals surface area contributed by atoms with E-state index in [-0.39, 0.29) is 18.1 Å². The summed E-state index contributed by atoms with van der Waals surface area (Å²) in [5.74, 6) is 0.350. The maximum Gasteiger partial charge on any atom is 0.221 e. The van der Waals surface area contributed by atoms with Crippen LogP contribution in [0.15, 0.2) is 24.3 Å². The van der Waals surface area contributed by atoms with Gasteiger partial charge in [-0.2, -0.15) is 4.31 Å². The number of rotatable bonds is 8. The largest absolute Gasteiger partial charge is 0.497 e. The number of morpholine rings is 1. The highest BCUT2D eigenvalue weighted by atomic mass is 32.2. The molecule has 7 nitrogen and oxygen atoms in total. The van der Waals surface area contributed by atoms with Crippen LogP contribution in [-0.4, -0.2) is 64.3 Å². The molecule has 1 aliphatic rings. The second-order valence-electron chi connectivity index (χ2n) is 5.53. The monoisotopic (exact) mass is 356 g/mol. The molecule has 24 heavy (non-hydrogen) atoms. The molecule has 0 bridgehead atoms. The van der Waals surface area contributed by atoms with Crippen molar-refractivity contribution < 1.29 is 22.7 Å². The number of methoxy groups -OCH3 is 1. The maximum absolute atomic E-state index is 12.1. The Morgan fingerprint density at radius 2 is 2.08 bits per heavy atom. The number of ether oxygens (including phenoxy) is 2. The second kappa shape index (κ2) is 9.00. The highest BCUT2D eigenvalue weighted by Crippen LogP contribution is 2.12. The molecule has 1 fully saturated rings. The molecule has 1 saturated heterocycles. The molecule has 1 aromatic carbocycles. The Bertz CT molecular complexity index is 642. The van der Waals surface area contributed by atoms with E-state index in [1.807, 2.05) is 24.3 Å². The first kappa shape index (κ1) is 18.7. The van der Waals surface area contributed by atoms with Gasteiger partial charge in [-0.25, -0.2) is 8.42 Å². The molecule has 8 heteroatoms. The van der Waals surface area contributed by atoms with Gasteiger partial charge in [0.15, 0.2) is 0 Å². The predicted octanol–water partition coefficient (Wildman–Crippen LogP) is 0.406. The predicted molar refractivity (Wildman–Crippen MR) is 90.5 cm³/mol. The molecule has 0 atom stereocenters. The third kappa shape index (κ3) is 5.77. The summed E-state index contributed by atoms with van der Waals surface area (Å²) in [5.41, 5.74) is 1.05. The third-order valence-corrected chi connectivity index (χ3v) is 5.69. The molecule has 0 aliphatic carbocycles. The summed E-state index contributed by atoms with van der Waals surface area (Å²) in [4.78, 5) is 11.8. The fourth-order valence-corrected chi connectivity index (χ4v) is 3.85. The van der Waals surface area contributed by atoms with Crippen LogP contribution in [0.1, 0.15) is 12.0 Å². The minimum absolute atomic E-state index is 0.0300. The topological polar surface area (TPSA) is 84.9 Å². The van der Waals surface area contributed by atoms with Gasteiger partial charge in [0.2, 0.25) is 15.9 Å². The molecular formula is C16H24N2O5S. The van der Waals surface area contributed by atoms with Crippen LogP contribution in [0.25, 0.3) is 0 Å². The maximum atomic E-state index is 12.1.